The van der Waals surface area contributed by atoms with Crippen molar-refractivity contribution in [1.82, 2.24) is 5.32 Å². The number of methoxy groups -OCH3 is 1. The molecule has 0 bridgehead atoms. The average molecular weight is 273 g/mol. The van der Waals surface area contributed by atoms with Crippen LogP contribution in [0.2, 0.25) is 0 Å². The molecular formula is C16H19NO3. The topological polar surface area (TPSA) is 50.7 Å². The van der Waals surface area contributed by atoms with Gasteiger partial charge in [0.1, 0.15) is 23.9 Å². The first-order valence-corrected chi connectivity index (χ1v) is 6.45. The van der Waals surface area contributed by atoms with Crippen LogP contribution in [0.5, 0.6) is 17.2 Å². The molecule has 0 saturated carbocycles. The van der Waals surface area contributed by atoms with Crippen LogP contribution in [0, 0.1) is 0 Å². The number of nitrogens with one attached hydrogen (secondary N) is 1. The second-order valence-corrected chi connectivity index (χ2v) is 4.46. The summed E-state index contributed by atoms with van der Waals surface area (Å²) >= 11 is 0. The van der Waals surface area contributed by atoms with E-state index in [0.29, 0.717) is 6.61 Å². The van der Waals surface area contributed by atoms with Crippen LogP contribution in [0.25, 0.3) is 0 Å². The molecule has 20 heavy (non-hydrogen) atoms. The number of hydrogen-bond acceptors (Lipinski definition) is 4. The van der Waals surface area contributed by atoms with Crippen molar-refractivity contribution in [3.8, 4) is 17.2 Å². The highest BCUT2D eigenvalue weighted by Gasteiger charge is 2.06. The Balaban J connectivity index is 2.12. The lowest BCUT2D eigenvalue weighted by Crippen LogP contribution is -2.07. The molecule has 4 heteroatoms. The zero-order valence-electron chi connectivity index (χ0n) is 11.7. The van der Waals surface area contributed by atoms with Crippen molar-refractivity contribution in [1.29, 1.82) is 0 Å². The average Bonchev–Trinajstić information content (AvgIpc) is 2.48. The summed E-state index contributed by atoms with van der Waals surface area (Å²) in [6.45, 7) is 1.18. The SMILES string of the molecule is CNCc1ccc(OC)cc1OCc1ccc(O)cc1. The van der Waals surface area contributed by atoms with Gasteiger partial charge in [0.2, 0.25) is 0 Å². The predicted octanol–water partition coefficient (Wildman–Crippen LogP) is 2.70. The molecule has 0 unspecified atom stereocenters. The molecule has 0 aliphatic carbocycles. The second kappa shape index (κ2) is 6.82. The maximum Gasteiger partial charge on any atom is 0.127 e. The van der Waals surface area contributed by atoms with Crippen molar-refractivity contribution in [3.05, 3.63) is 53.6 Å². The molecule has 0 amide bonds. The highest BCUT2D eigenvalue weighted by Crippen LogP contribution is 2.25. The summed E-state index contributed by atoms with van der Waals surface area (Å²) < 4.78 is 11.1. The Kier molecular flexibility index (Phi) is 4.85. The first kappa shape index (κ1) is 14.2. The van der Waals surface area contributed by atoms with Crippen molar-refractivity contribution in [2.75, 3.05) is 14.2 Å². The summed E-state index contributed by atoms with van der Waals surface area (Å²) in [6.07, 6.45) is 0. The lowest BCUT2D eigenvalue weighted by atomic mass is 10.2. The first-order chi connectivity index (χ1) is 9.72. The number of phenolic OH excluding ortho intramolecular Hbond substituents is 1. The summed E-state index contributed by atoms with van der Waals surface area (Å²) in [5.41, 5.74) is 2.08. The highest BCUT2D eigenvalue weighted by atomic mass is 16.5. The van der Waals surface area contributed by atoms with Crippen LogP contribution >= 0.6 is 0 Å². The Hall–Kier alpha value is -2.20. The van der Waals surface area contributed by atoms with Crippen LogP contribution in [0.3, 0.4) is 0 Å². The van der Waals surface area contributed by atoms with Gasteiger partial charge in [-0.1, -0.05) is 18.2 Å². The third kappa shape index (κ3) is 3.65. The molecule has 2 aromatic rings. The van der Waals surface area contributed by atoms with Crippen molar-refractivity contribution in [3.63, 3.8) is 0 Å². The van der Waals surface area contributed by atoms with E-state index in [2.05, 4.69) is 5.32 Å². The molecule has 0 atom stereocenters. The number of rotatable bonds is 6. The summed E-state index contributed by atoms with van der Waals surface area (Å²) in [7, 11) is 3.53. The van der Waals surface area contributed by atoms with E-state index < -0.39 is 0 Å². The Morgan fingerprint density at radius 1 is 1.10 bits per heavy atom. The number of aromatic hydroxyl groups is 1. The van der Waals surface area contributed by atoms with Gasteiger partial charge in [-0.15, -0.1) is 0 Å². The van der Waals surface area contributed by atoms with Crippen LogP contribution in [-0.2, 0) is 13.2 Å². The van der Waals surface area contributed by atoms with Gasteiger partial charge < -0.3 is 19.9 Å². The molecule has 0 saturated heterocycles. The van der Waals surface area contributed by atoms with Crippen molar-refractivity contribution in [2.45, 2.75) is 13.2 Å². The molecule has 2 rings (SSSR count). The van der Waals surface area contributed by atoms with Gasteiger partial charge in [0.05, 0.1) is 7.11 Å². The van der Waals surface area contributed by atoms with E-state index in [1.54, 1.807) is 19.2 Å². The molecule has 0 fully saturated rings. The van der Waals surface area contributed by atoms with Crippen molar-refractivity contribution >= 4 is 0 Å². The van der Waals surface area contributed by atoms with Gasteiger partial charge in [0, 0.05) is 18.2 Å². The molecule has 0 aliphatic heterocycles. The largest absolute Gasteiger partial charge is 0.508 e. The Morgan fingerprint density at radius 3 is 2.50 bits per heavy atom. The molecule has 106 valence electrons. The van der Waals surface area contributed by atoms with E-state index in [0.717, 1.165) is 29.2 Å². The van der Waals surface area contributed by atoms with Gasteiger partial charge in [-0.2, -0.15) is 0 Å². The number of hydrogen-bond donors (Lipinski definition) is 2. The van der Waals surface area contributed by atoms with Gasteiger partial charge in [-0.3, -0.25) is 0 Å². The van der Waals surface area contributed by atoms with E-state index in [4.69, 9.17) is 9.47 Å². The minimum Gasteiger partial charge on any atom is -0.508 e. The zero-order valence-corrected chi connectivity index (χ0v) is 11.7. The Morgan fingerprint density at radius 2 is 1.85 bits per heavy atom. The van der Waals surface area contributed by atoms with Gasteiger partial charge in [0.25, 0.3) is 0 Å². The molecule has 4 nitrogen and oxygen atoms in total. The maximum atomic E-state index is 9.26. The third-order valence-electron chi connectivity index (χ3n) is 2.97. The molecule has 2 N–H and O–H groups in total. The number of ether oxygens (including phenoxy) is 2. The molecule has 0 spiro atoms. The fraction of sp³-hybridized carbons (Fsp3) is 0.250. The standard InChI is InChI=1S/C16H19NO3/c1-17-10-13-5-8-15(19-2)9-16(13)20-11-12-3-6-14(18)7-4-12/h3-9,17-18H,10-11H2,1-2H3. The molecule has 0 radical (unpaired) electrons. The summed E-state index contributed by atoms with van der Waals surface area (Å²) in [4.78, 5) is 0. The lowest BCUT2D eigenvalue weighted by molar-refractivity contribution is 0.299. The third-order valence-corrected chi connectivity index (χ3v) is 2.97. The van der Waals surface area contributed by atoms with Crippen molar-refractivity contribution in [2.24, 2.45) is 0 Å². The monoisotopic (exact) mass is 273 g/mol. The highest BCUT2D eigenvalue weighted by molar-refractivity contribution is 5.41. The molecular weight excluding hydrogens is 254 g/mol. The summed E-state index contributed by atoms with van der Waals surface area (Å²) in [5.74, 6) is 1.82. The predicted molar refractivity (Wildman–Crippen MR) is 78.2 cm³/mol. The lowest BCUT2D eigenvalue weighted by Gasteiger charge is -2.13. The van der Waals surface area contributed by atoms with Crippen LogP contribution in [0.1, 0.15) is 11.1 Å². The van der Waals surface area contributed by atoms with Gasteiger partial charge in [-0.25, -0.2) is 0 Å². The quantitative estimate of drug-likeness (QED) is 0.849. The van der Waals surface area contributed by atoms with Crippen LogP contribution in [-0.4, -0.2) is 19.3 Å². The number of benzene rings is 2. The minimum atomic E-state index is 0.256. The van der Waals surface area contributed by atoms with Crippen LogP contribution in [0.4, 0.5) is 0 Å². The van der Waals surface area contributed by atoms with Gasteiger partial charge in [0.15, 0.2) is 0 Å². The summed E-state index contributed by atoms with van der Waals surface area (Å²) in [5, 5.41) is 12.4. The fourth-order valence-electron chi connectivity index (χ4n) is 1.89. The maximum absolute atomic E-state index is 9.26. The number of phenols is 1. The molecule has 0 heterocycles. The fourth-order valence-corrected chi connectivity index (χ4v) is 1.89. The Labute approximate surface area is 119 Å². The van der Waals surface area contributed by atoms with Crippen molar-refractivity contribution < 1.29 is 14.6 Å². The smallest absolute Gasteiger partial charge is 0.127 e. The zero-order chi connectivity index (χ0) is 14.4. The normalized spacial score (nSPS) is 10.3. The molecule has 0 aromatic heterocycles. The van der Waals surface area contributed by atoms with Crippen LogP contribution < -0.4 is 14.8 Å². The summed E-state index contributed by atoms with van der Waals surface area (Å²) in [6, 6.07) is 12.8. The second-order valence-electron chi connectivity index (χ2n) is 4.46. The minimum absolute atomic E-state index is 0.256. The van der Waals surface area contributed by atoms with E-state index >= 15 is 0 Å². The van der Waals surface area contributed by atoms with E-state index in [-0.39, 0.29) is 5.75 Å². The first-order valence-electron chi connectivity index (χ1n) is 6.45. The van der Waals surface area contributed by atoms with E-state index in [1.165, 1.54) is 0 Å². The molecule has 2 aromatic carbocycles. The van der Waals surface area contributed by atoms with Gasteiger partial charge in [-0.05, 0) is 30.8 Å². The van der Waals surface area contributed by atoms with Gasteiger partial charge >= 0.3 is 0 Å². The van der Waals surface area contributed by atoms with E-state index in [1.807, 2.05) is 37.4 Å². The van der Waals surface area contributed by atoms with E-state index in [9.17, 15) is 5.11 Å². The Bertz CT molecular complexity index is 552. The van der Waals surface area contributed by atoms with Crippen LogP contribution in [0.15, 0.2) is 42.5 Å². The molecule has 0 aliphatic rings.